The predicted octanol–water partition coefficient (Wildman–Crippen LogP) is 18.1. The summed E-state index contributed by atoms with van der Waals surface area (Å²) in [4.78, 5) is 2.50. The SMILES string of the molecule is c1ccc2cc(-n3c4ccc(N(c5ccc(-c6cc7ccccc7c7ccccc67)cc5)c5cccc6sc7c8ccccc8ccc7c56)cc4c4c5ccccc5ccc43)ccc2c1. The number of anilines is 3. The van der Waals surface area contributed by atoms with Crippen LogP contribution in [0.3, 0.4) is 0 Å². The van der Waals surface area contributed by atoms with Crippen molar-refractivity contribution < 1.29 is 0 Å². The Balaban J connectivity index is 1.03. The maximum atomic E-state index is 2.50. The fourth-order valence-corrected chi connectivity index (χ4v) is 12.0. The van der Waals surface area contributed by atoms with Gasteiger partial charge in [-0.05, 0) is 132 Å². The first kappa shape index (κ1) is 36.3. The van der Waals surface area contributed by atoms with Gasteiger partial charge in [0.15, 0.2) is 0 Å². The minimum Gasteiger partial charge on any atom is -0.310 e. The second-order valence-corrected chi connectivity index (χ2v) is 18.3. The number of aromatic nitrogens is 1. The molecule has 0 amide bonds. The molecular formula is C62H38N2S. The van der Waals surface area contributed by atoms with E-state index in [4.69, 9.17) is 0 Å². The molecule has 0 aliphatic heterocycles. The van der Waals surface area contributed by atoms with Gasteiger partial charge >= 0.3 is 0 Å². The molecule has 0 radical (unpaired) electrons. The van der Waals surface area contributed by atoms with Gasteiger partial charge in [0.2, 0.25) is 0 Å². The molecule has 14 aromatic rings. The lowest BCUT2D eigenvalue weighted by Gasteiger charge is -2.27. The third kappa shape index (κ3) is 5.53. The summed E-state index contributed by atoms with van der Waals surface area (Å²) in [6.45, 7) is 0. The van der Waals surface area contributed by atoms with Gasteiger partial charge in [0.05, 0.1) is 16.7 Å². The Morgan fingerprint density at radius 2 is 0.969 bits per heavy atom. The van der Waals surface area contributed by atoms with Crippen LogP contribution in [0.5, 0.6) is 0 Å². The van der Waals surface area contributed by atoms with E-state index >= 15 is 0 Å². The maximum Gasteiger partial charge on any atom is 0.0554 e. The summed E-state index contributed by atoms with van der Waals surface area (Å²) in [5.74, 6) is 0. The Hall–Kier alpha value is -8.24. The Morgan fingerprint density at radius 1 is 0.338 bits per heavy atom. The number of fused-ring (bicyclic) bond motifs is 14. The van der Waals surface area contributed by atoms with E-state index in [-0.39, 0.29) is 0 Å². The first-order valence-corrected chi connectivity index (χ1v) is 23.1. The molecule has 14 rings (SSSR count). The van der Waals surface area contributed by atoms with E-state index < -0.39 is 0 Å². The average Bonchev–Trinajstić information content (AvgIpc) is 3.93. The highest BCUT2D eigenvalue weighted by molar-refractivity contribution is 7.26. The number of benzene rings is 12. The van der Waals surface area contributed by atoms with Crippen molar-refractivity contribution in [3.05, 3.63) is 231 Å². The van der Waals surface area contributed by atoms with Crippen LogP contribution in [0.15, 0.2) is 231 Å². The summed E-state index contributed by atoms with van der Waals surface area (Å²) in [5, 5.41) is 17.6. The molecule has 0 unspecified atom stereocenters. The highest BCUT2D eigenvalue weighted by Gasteiger charge is 2.23. The van der Waals surface area contributed by atoms with Gasteiger partial charge in [0.1, 0.15) is 0 Å². The van der Waals surface area contributed by atoms with E-state index in [1.54, 1.807) is 0 Å². The van der Waals surface area contributed by atoms with Crippen LogP contribution in [0.4, 0.5) is 17.1 Å². The van der Waals surface area contributed by atoms with Gasteiger partial charge in [-0.2, -0.15) is 0 Å². The van der Waals surface area contributed by atoms with E-state index in [2.05, 4.69) is 240 Å². The Kier molecular flexibility index (Phi) is 7.89. The predicted molar refractivity (Wildman–Crippen MR) is 281 cm³/mol. The zero-order chi connectivity index (χ0) is 42.6. The Labute approximate surface area is 379 Å². The van der Waals surface area contributed by atoms with Crippen LogP contribution in [0.1, 0.15) is 0 Å². The molecule has 0 saturated carbocycles. The van der Waals surface area contributed by atoms with Crippen LogP contribution in [0.2, 0.25) is 0 Å². The normalized spacial score (nSPS) is 12.0. The summed E-state index contributed by atoms with van der Waals surface area (Å²) >= 11 is 1.89. The molecule has 2 aromatic heterocycles. The molecule has 0 atom stereocenters. The van der Waals surface area contributed by atoms with E-state index in [0.29, 0.717) is 0 Å². The smallest absolute Gasteiger partial charge is 0.0554 e. The molecule has 2 heterocycles. The van der Waals surface area contributed by atoms with Crippen molar-refractivity contribution in [1.82, 2.24) is 4.57 Å². The Morgan fingerprint density at radius 3 is 1.80 bits per heavy atom. The fourth-order valence-electron chi connectivity index (χ4n) is 10.7. The third-order valence-corrected chi connectivity index (χ3v) is 14.9. The van der Waals surface area contributed by atoms with Crippen LogP contribution in [-0.2, 0) is 0 Å². The van der Waals surface area contributed by atoms with Gasteiger partial charge in [0.25, 0.3) is 0 Å². The van der Waals surface area contributed by atoms with Crippen LogP contribution >= 0.6 is 11.3 Å². The second-order valence-electron chi connectivity index (χ2n) is 17.2. The molecular weight excluding hydrogens is 805 g/mol. The number of hydrogen-bond acceptors (Lipinski definition) is 2. The first-order valence-electron chi connectivity index (χ1n) is 22.3. The quantitative estimate of drug-likeness (QED) is 0.157. The van der Waals surface area contributed by atoms with E-state index in [0.717, 1.165) is 22.7 Å². The number of thiophene rings is 1. The Bertz CT molecular complexity index is 4250. The summed E-state index contributed by atoms with van der Waals surface area (Å²) in [7, 11) is 0. The second kappa shape index (κ2) is 14.1. The van der Waals surface area contributed by atoms with Gasteiger partial charge < -0.3 is 9.47 Å². The summed E-state index contributed by atoms with van der Waals surface area (Å²) in [6, 6.07) is 85.4. The lowest BCUT2D eigenvalue weighted by Crippen LogP contribution is -2.10. The molecule has 302 valence electrons. The van der Waals surface area contributed by atoms with Crippen LogP contribution in [-0.4, -0.2) is 4.57 Å². The molecule has 0 fully saturated rings. The number of rotatable bonds is 5. The van der Waals surface area contributed by atoms with Crippen molar-refractivity contribution >= 4 is 124 Å². The first-order chi connectivity index (χ1) is 32.2. The molecule has 0 aliphatic rings. The maximum absolute atomic E-state index is 2.50. The largest absolute Gasteiger partial charge is 0.310 e. The molecule has 0 N–H and O–H groups in total. The molecule has 0 aliphatic carbocycles. The minimum absolute atomic E-state index is 1.11. The van der Waals surface area contributed by atoms with Crippen LogP contribution < -0.4 is 4.90 Å². The zero-order valence-corrected chi connectivity index (χ0v) is 36.1. The van der Waals surface area contributed by atoms with Gasteiger partial charge in [0, 0.05) is 48.0 Å². The highest BCUT2D eigenvalue weighted by atomic mass is 32.1. The standard InChI is InChI=1S/C62H38N2S/c1-2-15-43-36-46(31-24-39(43)12-1)64-56-35-32-47(38-55(56)60-49-18-7-3-13-40(49)28-34-58(60)64)63(57-22-11-23-59-61(57)53-33-27-41-14-4-8-19-50(41)62(53)65-59)45-29-25-42(26-30-45)54-37-44-16-5-6-17-48(44)51-20-9-10-21-52(51)54/h1-38H. The van der Waals surface area contributed by atoms with Crippen molar-refractivity contribution in [2.75, 3.05) is 4.90 Å². The third-order valence-electron chi connectivity index (χ3n) is 13.7. The molecule has 0 bridgehead atoms. The van der Waals surface area contributed by atoms with Crippen molar-refractivity contribution in [3.63, 3.8) is 0 Å². The topological polar surface area (TPSA) is 8.17 Å². The molecule has 2 nitrogen and oxygen atoms in total. The fraction of sp³-hybridized carbons (Fsp3) is 0. The lowest BCUT2D eigenvalue weighted by atomic mass is 9.93. The zero-order valence-electron chi connectivity index (χ0n) is 35.2. The van der Waals surface area contributed by atoms with Gasteiger partial charge in [-0.15, -0.1) is 11.3 Å². The number of nitrogens with zero attached hydrogens (tertiary/aromatic N) is 2. The molecule has 65 heavy (non-hydrogen) atoms. The highest BCUT2D eigenvalue weighted by Crippen LogP contribution is 2.48. The summed E-state index contributed by atoms with van der Waals surface area (Å²) in [6.07, 6.45) is 0. The van der Waals surface area contributed by atoms with E-state index in [9.17, 15) is 0 Å². The van der Waals surface area contributed by atoms with Gasteiger partial charge in [-0.1, -0.05) is 164 Å². The van der Waals surface area contributed by atoms with Crippen molar-refractivity contribution in [2.24, 2.45) is 0 Å². The van der Waals surface area contributed by atoms with Crippen molar-refractivity contribution in [3.8, 4) is 16.8 Å². The monoisotopic (exact) mass is 842 g/mol. The van der Waals surface area contributed by atoms with Crippen LogP contribution in [0, 0.1) is 0 Å². The molecule has 0 spiro atoms. The molecule has 0 saturated heterocycles. The van der Waals surface area contributed by atoms with Gasteiger partial charge in [-0.3, -0.25) is 0 Å². The van der Waals surface area contributed by atoms with Crippen molar-refractivity contribution in [1.29, 1.82) is 0 Å². The minimum atomic E-state index is 1.11. The van der Waals surface area contributed by atoms with Crippen LogP contribution in [0.25, 0.3) is 113 Å². The molecule has 3 heteroatoms. The number of hydrogen-bond donors (Lipinski definition) is 0. The molecule has 12 aromatic carbocycles. The summed E-state index contributed by atoms with van der Waals surface area (Å²) in [5.41, 5.74) is 9.35. The van der Waals surface area contributed by atoms with E-state index in [1.807, 2.05) is 11.3 Å². The summed E-state index contributed by atoms with van der Waals surface area (Å²) < 4.78 is 5.06. The van der Waals surface area contributed by atoms with Gasteiger partial charge in [-0.25, -0.2) is 0 Å². The van der Waals surface area contributed by atoms with Crippen molar-refractivity contribution in [2.45, 2.75) is 0 Å². The van der Waals surface area contributed by atoms with E-state index in [1.165, 1.54) is 107 Å². The lowest BCUT2D eigenvalue weighted by molar-refractivity contribution is 1.19. The average molecular weight is 843 g/mol.